The van der Waals surface area contributed by atoms with E-state index in [0.29, 0.717) is 6.04 Å². The fraction of sp³-hybridized carbons (Fsp3) is 1.00. The van der Waals surface area contributed by atoms with E-state index in [1.165, 1.54) is 25.9 Å². The minimum atomic E-state index is 0.707. The maximum atomic E-state index is 3.28. The first-order chi connectivity index (χ1) is 6.69. The molecule has 0 heterocycles. The van der Waals surface area contributed by atoms with E-state index >= 15 is 0 Å². The second-order valence-electron chi connectivity index (χ2n) is 4.22. The maximum absolute atomic E-state index is 3.28. The van der Waals surface area contributed by atoms with Crippen LogP contribution >= 0.6 is 0 Å². The Labute approximate surface area is 90.1 Å². The van der Waals surface area contributed by atoms with Crippen LogP contribution in [0.2, 0.25) is 0 Å². The Balaban J connectivity index is 4.06. The largest absolute Gasteiger partial charge is 0.318 e. The number of nitrogens with one attached hydrogen (secondary N) is 1. The molecule has 0 amide bonds. The average Bonchev–Trinajstić information content (AvgIpc) is 2.22. The minimum Gasteiger partial charge on any atom is -0.318 e. The third-order valence-electron chi connectivity index (χ3n) is 3.08. The number of nitrogens with zero attached hydrogens (tertiary/aromatic N) is 1. The lowest BCUT2D eigenvalue weighted by atomic mass is 10.1. The summed E-state index contributed by atoms with van der Waals surface area (Å²) in [5.41, 5.74) is 0. The second kappa shape index (κ2) is 8.25. The van der Waals surface area contributed by atoms with Crippen molar-refractivity contribution in [2.45, 2.75) is 46.6 Å². The molecule has 0 aromatic rings. The van der Waals surface area contributed by atoms with Crippen LogP contribution in [0.1, 0.15) is 40.5 Å². The molecule has 0 spiro atoms. The summed E-state index contributed by atoms with van der Waals surface area (Å²) in [7, 11) is 2.04. The first-order valence-electron chi connectivity index (χ1n) is 6.08. The van der Waals surface area contributed by atoms with Crippen LogP contribution in [0.4, 0.5) is 0 Å². The van der Waals surface area contributed by atoms with E-state index in [4.69, 9.17) is 0 Å². The number of hydrogen-bond acceptors (Lipinski definition) is 2. The summed E-state index contributed by atoms with van der Waals surface area (Å²) >= 11 is 0. The average molecular weight is 200 g/mol. The van der Waals surface area contributed by atoms with Crippen LogP contribution in [0.3, 0.4) is 0 Å². The Morgan fingerprint density at radius 3 is 2.14 bits per heavy atom. The van der Waals surface area contributed by atoms with Gasteiger partial charge in [-0.3, -0.25) is 4.90 Å². The van der Waals surface area contributed by atoms with Crippen molar-refractivity contribution < 1.29 is 0 Å². The van der Waals surface area contributed by atoms with Gasteiger partial charge in [-0.25, -0.2) is 0 Å². The molecule has 2 nitrogen and oxygen atoms in total. The molecule has 0 radical (unpaired) electrons. The topological polar surface area (TPSA) is 15.3 Å². The summed E-state index contributed by atoms with van der Waals surface area (Å²) in [4.78, 5) is 2.60. The van der Waals surface area contributed by atoms with Gasteiger partial charge in [0, 0.05) is 19.1 Å². The Kier molecular flexibility index (Phi) is 8.20. The first kappa shape index (κ1) is 13.9. The monoisotopic (exact) mass is 200 g/mol. The zero-order chi connectivity index (χ0) is 11.0. The van der Waals surface area contributed by atoms with E-state index in [-0.39, 0.29) is 0 Å². The summed E-state index contributed by atoms with van der Waals surface area (Å²) in [6.45, 7) is 12.7. The van der Waals surface area contributed by atoms with Crippen molar-refractivity contribution in [2.24, 2.45) is 5.92 Å². The zero-order valence-corrected chi connectivity index (χ0v) is 10.6. The van der Waals surface area contributed by atoms with Crippen LogP contribution in [0, 0.1) is 5.92 Å². The molecule has 0 saturated carbocycles. The quantitative estimate of drug-likeness (QED) is 0.647. The van der Waals surface area contributed by atoms with Gasteiger partial charge in [0.1, 0.15) is 0 Å². The van der Waals surface area contributed by atoms with Crippen LogP contribution in [0.5, 0.6) is 0 Å². The number of hydrogen-bond donors (Lipinski definition) is 1. The molecule has 0 aliphatic rings. The van der Waals surface area contributed by atoms with Gasteiger partial charge in [0.2, 0.25) is 0 Å². The van der Waals surface area contributed by atoms with Crippen LogP contribution < -0.4 is 5.32 Å². The summed E-state index contributed by atoms with van der Waals surface area (Å²) in [6, 6.07) is 0.707. The van der Waals surface area contributed by atoms with Gasteiger partial charge in [0.25, 0.3) is 0 Å². The Hall–Kier alpha value is -0.0800. The Morgan fingerprint density at radius 1 is 1.14 bits per heavy atom. The van der Waals surface area contributed by atoms with Crippen LogP contribution in [-0.4, -0.2) is 37.6 Å². The highest BCUT2D eigenvalue weighted by atomic mass is 15.2. The van der Waals surface area contributed by atoms with Gasteiger partial charge in [-0.1, -0.05) is 34.1 Å². The molecule has 0 fully saturated rings. The van der Waals surface area contributed by atoms with Crippen molar-refractivity contribution in [3.8, 4) is 0 Å². The molecule has 14 heavy (non-hydrogen) atoms. The summed E-state index contributed by atoms with van der Waals surface area (Å²) < 4.78 is 0. The lowest BCUT2D eigenvalue weighted by Gasteiger charge is -2.31. The Bertz CT molecular complexity index is 125. The third kappa shape index (κ3) is 4.97. The van der Waals surface area contributed by atoms with Crippen molar-refractivity contribution in [3.05, 3.63) is 0 Å². The van der Waals surface area contributed by atoms with Crippen LogP contribution in [0.15, 0.2) is 0 Å². The van der Waals surface area contributed by atoms with Crippen LogP contribution in [0.25, 0.3) is 0 Å². The first-order valence-corrected chi connectivity index (χ1v) is 6.08. The lowest BCUT2D eigenvalue weighted by molar-refractivity contribution is 0.171. The van der Waals surface area contributed by atoms with Crippen molar-refractivity contribution >= 4 is 0 Å². The van der Waals surface area contributed by atoms with Gasteiger partial charge in [0.05, 0.1) is 0 Å². The van der Waals surface area contributed by atoms with Crippen molar-refractivity contribution in [3.63, 3.8) is 0 Å². The predicted octanol–water partition coefficient (Wildman–Crippen LogP) is 2.35. The zero-order valence-electron chi connectivity index (χ0n) is 10.6. The van der Waals surface area contributed by atoms with Gasteiger partial charge in [-0.2, -0.15) is 0 Å². The van der Waals surface area contributed by atoms with Gasteiger partial charge >= 0.3 is 0 Å². The van der Waals surface area contributed by atoms with Gasteiger partial charge in [-0.15, -0.1) is 0 Å². The van der Waals surface area contributed by atoms with Crippen molar-refractivity contribution in [1.29, 1.82) is 0 Å². The predicted molar refractivity (Wildman–Crippen MR) is 64.7 cm³/mol. The van der Waals surface area contributed by atoms with Crippen molar-refractivity contribution in [2.75, 3.05) is 26.7 Å². The SMILES string of the molecule is CCC(C)CN(CC)C(CC)CNC. The summed E-state index contributed by atoms with van der Waals surface area (Å²) in [6.07, 6.45) is 2.53. The van der Waals surface area contributed by atoms with E-state index in [0.717, 1.165) is 12.5 Å². The van der Waals surface area contributed by atoms with E-state index in [2.05, 4.69) is 37.9 Å². The van der Waals surface area contributed by atoms with Gasteiger partial charge in [0.15, 0.2) is 0 Å². The highest BCUT2D eigenvalue weighted by molar-refractivity contribution is 4.72. The molecular formula is C12H28N2. The molecule has 0 aliphatic carbocycles. The van der Waals surface area contributed by atoms with E-state index < -0.39 is 0 Å². The maximum Gasteiger partial charge on any atom is 0.0217 e. The molecule has 0 aliphatic heterocycles. The second-order valence-corrected chi connectivity index (χ2v) is 4.22. The van der Waals surface area contributed by atoms with Gasteiger partial charge in [-0.05, 0) is 25.9 Å². The fourth-order valence-electron chi connectivity index (χ4n) is 1.83. The van der Waals surface area contributed by atoms with Crippen molar-refractivity contribution in [1.82, 2.24) is 10.2 Å². The Morgan fingerprint density at radius 2 is 1.79 bits per heavy atom. The number of likely N-dealkylation sites (N-methyl/N-ethyl adjacent to an activating group) is 2. The van der Waals surface area contributed by atoms with E-state index in [1.54, 1.807) is 0 Å². The summed E-state index contributed by atoms with van der Waals surface area (Å²) in [5, 5.41) is 3.28. The van der Waals surface area contributed by atoms with Crippen LogP contribution in [-0.2, 0) is 0 Å². The molecule has 0 saturated heterocycles. The molecule has 0 bridgehead atoms. The fourth-order valence-corrected chi connectivity index (χ4v) is 1.83. The van der Waals surface area contributed by atoms with Gasteiger partial charge < -0.3 is 5.32 Å². The molecular weight excluding hydrogens is 172 g/mol. The summed E-state index contributed by atoms with van der Waals surface area (Å²) in [5.74, 6) is 0.820. The molecule has 2 heteroatoms. The molecule has 0 rings (SSSR count). The highest BCUT2D eigenvalue weighted by Gasteiger charge is 2.15. The molecule has 86 valence electrons. The molecule has 2 unspecified atom stereocenters. The number of rotatable bonds is 8. The third-order valence-corrected chi connectivity index (χ3v) is 3.08. The normalized spacial score (nSPS) is 15.9. The van der Waals surface area contributed by atoms with E-state index in [1.807, 2.05) is 7.05 Å². The highest BCUT2D eigenvalue weighted by Crippen LogP contribution is 2.09. The minimum absolute atomic E-state index is 0.707. The molecule has 1 N–H and O–H groups in total. The molecule has 2 atom stereocenters. The smallest absolute Gasteiger partial charge is 0.0217 e. The lowest BCUT2D eigenvalue weighted by Crippen LogP contribution is -2.43. The van der Waals surface area contributed by atoms with E-state index in [9.17, 15) is 0 Å². The molecule has 0 aromatic heterocycles. The molecule has 0 aromatic carbocycles. The standard InChI is InChI=1S/C12H28N2/c1-6-11(4)10-14(8-3)12(7-2)9-13-5/h11-13H,6-10H2,1-5H3.